The number of hydrogen-bond donors (Lipinski definition) is 0. The molecule has 1 aromatic carbocycles. The predicted molar refractivity (Wildman–Crippen MR) is 74.2 cm³/mol. The van der Waals surface area contributed by atoms with Gasteiger partial charge >= 0.3 is 0 Å². The second-order valence-corrected chi connectivity index (χ2v) is 5.48. The van der Waals surface area contributed by atoms with Crippen LogP contribution in [0.25, 0.3) is 15.8 Å². The number of benzene rings is 1. The Hall–Kier alpha value is -1.20. The molecule has 17 heavy (non-hydrogen) atoms. The first-order chi connectivity index (χ1) is 8.36. The average Bonchev–Trinajstić information content (AvgIpc) is 2.96. The molecular formula is C12H10BrN3S. The van der Waals surface area contributed by atoms with Gasteiger partial charge in [0.2, 0.25) is 0 Å². The highest BCUT2D eigenvalue weighted by Crippen LogP contribution is 2.23. The lowest BCUT2D eigenvalue weighted by atomic mass is 10.2. The zero-order valence-corrected chi connectivity index (χ0v) is 11.4. The Balaban J connectivity index is 2.00. The molecule has 0 saturated heterocycles. The first kappa shape index (κ1) is 10.9. The van der Waals surface area contributed by atoms with Gasteiger partial charge in [0.1, 0.15) is 0 Å². The molecule has 0 amide bonds. The highest BCUT2D eigenvalue weighted by atomic mass is 79.9. The van der Waals surface area contributed by atoms with E-state index in [1.807, 2.05) is 10.9 Å². The van der Waals surface area contributed by atoms with Crippen molar-refractivity contribution in [2.45, 2.75) is 6.42 Å². The zero-order chi connectivity index (χ0) is 11.7. The number of thiophene rings is 1. The number of alkyl halides is 1. The molecule has 0 saturated carbocycles. The molecule has 0 fully saturated rings. The monoisotopic (exact) mass is 307 g/mol. The minimum Gasteiger partial charge on any atom is -0.220 e. The Bertz CT molecular complexity index is 644. The summed E-state index contributed by atoms with van der Waals surface area (Å²) in [6.07, 6.45) is 2.88. The van der Waals surface area contributed by atoms with E-state index in [-0.39, 0.29) is 0 Å². The van der Waals surface area contributed by atoms with E-state index in [1.54, 1.807) is 11.3 Å². The molecule has 0 aliphatic rings. The summed E-state index contributed by atoms with van der Waals surface area (Å²) in [5.74, 6) is 0. The highest BCUT2D eigenvalue weighted by molar-refractivity contribution is 9.09. The molecule has 0 radical (unpaired) electrons. The van der Waals surface area contributed by atoms with Crippen molar-refractivity contribution < 1.29 is 0 Å². The Morgan fingerprint density at radius 3 is 3.12 bits per heavy atom. The van der Waals surface area contributed by atoms with E-state index < -0.39 is 0 Å². The Kier molecular flexibility index (Phi) is 2.94. The third-order valence-electron chi connectivity index (χ3n) is 2.59. The summed E-state index contributed by atoms with van der Waals surface area (Å²) in [5.41, 5.74) is 2.07. The van der Waals surface area contributed by atoms with E-state index in [0.29, 0.717) is 0 Å². The van der Waals surface area contributed by atoms with Gasteiger partial charge in [-0.3, -0.25) is 0 Å². The molecule has 2 heterocycles. The highest BCUT2D eigenvalue weighted by Gasteiger charge is 2.03. The maximum atomic E-state index is 4.15. The van der Waals surface area contributed by atoms with Crippen LogP contribution in [0.3, 0.4) is 0 Å². The van der Waals surface area contributed by atoms with Gasteiger partial charge in [0.15, 0.2) is 0 Å². The summed E-state index contributed by atoms with van der Waals surface area (Å²) in [5, 5.41) is 12.6. The van der Waals surface area contributed by atoms with E-state index in [2.05, 4.69) is 55.9 Å². The SMILES string of the molecule is BrCCc1cn(-c2ccc3sccc3c2)nn1. The molecule has 0 spiro atoms. The second-order valence-electron chi connectivity index (χ2n) is 3.74. The van der Waals surface area contributed by atoms with Gasteiger partial charge in [-0.1, -0.05) is 21.1 Å². The second kappa shape index (κ2) is 4.58. The van der Waals surface area contributed by atoms with Crippen molar-refractivity contribution in [3.63, 3.8) is 0 Å². The molecule has 0 bridgehead atoms. The fraction of sp³-hybridized carbons (Fsp3) is 0.167. The molecule has 0 N–H and O–H groups in total. The Labute approximate surface area is 111 Å². The van der Waals surface area contributed by atoms with Crippen molar-refractivity contribution in [3.05, 3.63) is 41.5 Å². The largest absolute Gasteiger partial charge is 0.220 e. The van der Waals surface area contributed by atoms with Crippen LogP contribution in [0.1, 0.15) is 5.69 Å². The maximum absolute atomic E-state index is 4.15. The van der Waals surface area contributed by atoms with Crippen LogP contribution in [0.4, 0.5) is 0 Å². The lowest BCUT2D eigenvalue weighted by molar-refractivity contribution is 0.799. The van der Waals surface area contributed by atoms with Crippen molar-refractivity contribution in [1.82, 2.24) is 15.0 Å². The Morgan fingerprint density at radius 2 is 2.24 bits per heavy atom. The van der Waals surface area contributed by atoms with E-state index in [1.165, 1.54) is 10.1 Å². The molecule has 2 aromatic heterocycles. The number of halogens is 1. The quantitative estimate of drug-likeness (QED) is 0.694. The van der Waals surface area contributed by atoms with Crippen LogP contribution in [-0.2, 0) is 6.42 Å². The number of aryl methyl sites for hydroxylation is 1. The third-order valence-corrected chi connectivity index (χ3v) is 3.89. The van der Waals surface area contributed by atoms with Crippen LogP contribution in [0.2, 0.25) is 0 Å². The zero-order valence-electron chi connectivity index (χ0n) is 9.01. The standard InChI is InChI=1S/C12H10BrN3S/c13-5-3-10-8-16(15-14-10)11-1-2-12-9(7-11)4-6-17-12/h1-2,4,6-8H,3,5H2. The lowest BCUT2D eigenvalue weighted by Crippen LogP contribution is -1.93. The molecule has 86 valence electrons. The minimum atomic E-state index is 0.903. The van der Waals surface area contributed by atoms with Crippen molar-refractivity contribution in [3.8, 4) is 5.69 Å². The van der Waals surface area contributed by atoms with Gasteiger partial charge in [-0.25, -0.2) is 4.68 Å². The summed E-state index contributed by atoms with van der Waals surface area (Å²) in [7, 11) is 0. The first-order valence-electron chi connectivity index (χ1n) is 5.31. The maximum Gasteiger partial charge on any atom is 0.0840 e. The van der Waals surface area contributed by atoms with Crippen molar-refractivity contribution in [2.24, 2.45) is 0 Å². The third kappa shape index (κ3) is 2.12. The molecule has 3 aromatic rings. The smallest absolute Gasteiger partial charge is 0.0840 e. The Morgan fingerprint density at radius 1 is 1.29 bits per heavy atom. The summed E-state index contributed by atoms with van der Waals surface area (Å²) in [4.78, 5) is 0. The van der Waals surface area contributed by atoms with Gasteiger partial charge in [0.05, 0.1) is 17.6 Å². The molecule has 0 aliphatic heterocycles. The normalized spacial score (nSPS) is 11.1. The average molecular weight is 308 g/mol. The van der Waals surface area contributed by atoms with Gasteiger partial charge in [0, 0.05) is 16.5 Å². The first-order valence-corrected chi connectivity index (χ1v) is 7.32. The van der Waals surface area contributed by atoms with E-state index in [4.69, 9.17) is 0 Å². The number of aromatic nitrogens is 3. The van der Waals surface area contributed by atoms with E-state index in [0.717, 1.165) is 23.1 Å². The van der Waals surface area contributed by atoms with Gasteiger partial charge in [-0.15, -0.1) is 16.4 Å². The summed E-state index contributed by atoms with van der Waals surface area (Å²) in [6.45, 7) is 0. The molecule has 3 rings (SSSR count). The summed E-state index contributed by atoms with van der Waals surface area (Å²) in [6, 6.07) is 8.46. The fourth-order valence-corrected chi connectivity index (χ4v) is 2.91. The van der Waals surface area contributed by atoms with Crippen LogP contribution >= 0.6 is 27.3 Å². The number of hydrogen-bond acceptors (Lipinski definition) is 3. The predicted octanol–water partition coefficient (Wildman–Crippen LogP) is 3.42. The fourth-order valence-electron chi connectivity index (χ4n) is 1.73. The number of nitrogens with zero attached hydrogens (tertiary/aromatic N) is 3. The molecule has 3 nitrogen and oxygen atoms in total. The van der Waals surface area contributed by atoms with Crippen molar-refractivity contribution in [1.29, 1.82) is 0 Å². The lowest BCUT2D eigenvalue weighted by Gasteiger charge is -1.99. The van der Waals surface area contributed by atoms with Crippen molar-refractivity contribution >= 4 is 37.4 Å². The number of rotatable bonds is 3. The molecular weight excluding hydrogens is 298 g/mol. The van der Waals surface area contributed by atoms with Gasteiger partial charge < -0.3 is 0 Å². The summed E-state index contributed by atoms with van der Waals surface area (Å²) < 4.78 is 3.13. The van der Waals surface area contributed by atoms with E-state index in [9.17, 15) is 0 Å². The van der Waals surface area contributed by atoms with Crippen molar-refractivity contribution in [2.75, 3.05) is 5.33 Å². The van der Waals surface area contributed by atoms with Crippen LogP contribution < -0.4 is 0 Å². The molecule has 0 unspecified atom stereocenters. The summed E-state index contributed by atoms with van der Waals surface area (Å²) >= 11 is 5.16. The molecule has 0 aliphatic carbocycles. The molecule has 5 heteroatoms. The van der Waals surface area contributed by atoms with Gasteiger partial charge in [-0.2, -0.15) is 0 Å². The van der Waals surface area contributed by atoms with E-state index >= 15 is 0 Å². The minimum absolute atomic E-state index is 0.903. The molecule has 0 atom stereocenters. The van der Waals surface area contributed by atoms with Crippen LogP contribution in [-0.4, -0.2) is 20.3 Å². The van der Waals surface area contributed by atoms with Crippen LogP contribution in [0.15, 0.2) is 35.8 Å². The van der Waals surface area contributed by atoms with Gasteiger partial charge in [-0.05, 0) is 35.0 Å². The van der Waals surface area contributed by atoms with Crippen LogP contribution in [0.5, 0.6) is 0 Å². The number of fused-ring (bicyclic) bond motifs is 1. The van der Waals surface area contributed by atoms with Gasteiger partial charge in [0.25, 0.3) is 0 Å². The van der Waals surface area contributed by atoms with Crippen LogP contribution in [0, 0.1) is 0 Å². The topological polar surface area (TPSA) is 30.7 Å².